The van der Waals surface area contributed by atoms with E-state index in [9.17, 15) is 4.79 Å². The van der Waals surface area contributed by atoms with Gasteiger partial charge in [0.25, 0.3) is 0 Å². The van der Waals surface area contributed by atoms with Crippen molar-refractivity contribution in [2.45, 2.75) is 19.6 Å². The molecule has 0 saturated carbocycles. The van der Waals surface area contributed by atoms with Gasteiger partial charge in [0.15, 0.2) is 0 Å². The van der Waals surface area contributed by atoms with Crippen LogP contribution in [0.4, 0.5) is 0 Å². The van der Waals surface area contributed by atoms with Crippen LogP contribution in [0.2, 0.25) is 0 Å². The highest BCUT2D eigenvalue weighted by Crippen LogP contribution is 2.25. The highest BCUT2D eigenvalue weighted by atomic mass is 16.4. The van der Waals surface area contributed by atoms with Crippen molar-refractivity contribution in [3.8, 4) is 0 Å². The summed E-state index contributed by atoms with van der Waals surface area (Å²) in [4.78, 5) is 13.1. The van der Waals surface area contributed by atoms with Gasteiger partial charge in [0.2, 0.25) is 0 Å². The van der Waals surface area contributed by atoms with E-state index in [0.717, 1.165) is 30.8 Å². The van der Waals surface area contributed by atoms with E-state index in [1.54, 1.807) is 6.08 Å². The minimum absolute atomic E-state index is 0.828. The number of carbonyl (C=O) groups is 1. The molecular weight excluding hydrogens is 262 g/mol. The summed E-state index contributed by atoms with van der Waals surface area (Å²) in [5.41, 5.74) is 4.89. The predicted molar refractivity (Wildman–Crippen MR) is 82.5 cm³/mol. The van der Waals surface area contributed by atoms with Crippen LogP contribution in [0, 0.1) is 0 Å². The number of fused-ring (bicyclic) bond motifs is 1. The number of rotatable bonds is 4. The molecule has 0 aromatic heterocycles. The fourth-order valence-corrected chi connectivity index (χ4v) is 2.76. The molecular formula is C18H17NO2. The van der Waals surface area contributed by atoms with Gasteiger partial charge >= 0.3 is 5.97 Å². The van der Waals surface area contributed by atoms with Crippen LogP contribution in [-0.4, -0.2) is 16.0 Å². The van der Waals surface area contributed by atoms with Gasteiger partial charge in [0, 0.05) is 25.7 Å². The molecule has 21 heavy (non-hydrogen) atoms. The van der Waals surface area contributed by atoms with Gasteiger partial charge in [-0.3, -0.25) is 4.90 Å². The van der Waals surface area contributed by atoms with Gasteiger partial charge < -0.3 is 5.11 Å². The van der Waals surface area contributed by atoms with Gasteiger partial charge in [0.05, 0.1) is 0 Å². The second-order valence-electron chi connectivity index (χ2n) is 5.28. The Balaban J connectivity index is 1.76. The van der Waals surface area contributed by atoms with E-state index >= 15 is 0 Å². The fraction of sp³-hybridized carbons (Fsp3) is 0.167. The summed E-state index contributed by atoms with van der Waals surface area (Å²) >= 11 is 0. The molecule has 1 aliphatic rings. The smallest absolute Gasteiger partial charge is 0.328 e. The van der Waals surface area contributed by atoms with Gasteiger partial charge in [-0.15, -0.1) is 0 Å². The van der Waals surface area contributed by atoms with Crippen molar-refractivity contribution in [2.75, 3.05) is 0 Å². The van der Waals surface area contributed by atoms with Gasteiger partial charge in [-0.1, -0.05) is 48.5 Å². The van der Waals surface area contributed by atoms with Crippen molar-refractivity contribution in [1.82, 2.24) is 4.90 Å². The van der Waals surface area contributed by atoms with Crippen molar-refractivity contribution >= 4 is 12.0 Å². The Hall–Kier alpha value is -2.39. The third-order valence-corrected chi connectivity index (χ3v) is 3.76. The van der Waals surface area contributed by atoms with E-state index in [0.29, 0.717) is 0 Å². The molecule has 3 nitrogen and oxygen atoms in total. The first kappa shape index (κ1) is 13.6. The van der Waals surface area contributed by atoms with E-state index in [1.165, 1.54) is 17.2 Å². The predicted octanol–water partition coefficient (Wildman–Crippen LogP) is 3.30. The number of nitrogens with zero attached hydrogens (tertiary/aromatic N) is 1. The Kier molecular flexibility index (Phi) is 3.84. The monoisotopic (exact) mass is 279 g/mol. The van der Waals surface area contributed by atoms with E-state index < -0.39 is 5.97 Å². The maximum atomic E-state index is 10.7. The zero-order valence-electron chi connectivity index (χ0n) is 11.7. The molecule has 1 N–H and O–H groups in total. The first-order valence-corrected chi connectivity index (χ1v) is 7.00. The Morgan fingerprint density at radius 2 is 1.67 bits per heavy atom. The van der Waals surface area contributed by atoms with E-state index in [2.05, 4.69) is 35.2 Å². The first-order valence-electron chi connectivity index (χ1n) is 7.00. The van der Waals surface area contributed by atoms with Gasteiger partial charge in [-0.25, -0.2) is 4.79 Å². The van der Waals surface area contributed by atoms with Crippen LogP contribution in [-0.2, 0) is 24.4 Å². The highest BCUT2D eigenvalue weighted by Gasteiger charge is 2.18. The summed E-state index contributed by atoms with van der Waals surface area (Å²) in [6.45, 7) is 2.73. The fourth-order valence-electron chi connectivity index (χ4n) is 2.76. The molecule has 0 atom stereocenters. The molecule has 0 fully saturated rings. The molecule has 0 aliphatic carbocycles. The molecule has 106 valence electrons. The number of hydrogen-bond donors (Lipinski definition) is 1. The first-order chi connectivity index (χ1) is 10.2. The lowest BCUT2D eigenvalue weighted by atomic mass is 10.1. The maximum absolute atomic E-state index is 10.7. The third-order valence-electron chi connectivity index (χ3n) is 3.76. The Morgan fingerprint density at radius 1 is 1.05 bits per heavy atom. The highest BCUT2D eigenvalue weighted by molar-refractivity contribution is 5.85. The summed E-state index contributed by atoms with van der Waals surface area (Å²) in [6.07, 6.45) is 2.86. The van der Waals surface area contributed by atoms with Crippen molar-refractivity contribution in [2.24, 2.45) is 0 Å². The molecule has 2 aromatic carbocycles. The van der Waals surface area contributed by atoms with Gasteiger partial charge in [-0.2, -0.15) is 0 Å². The minimum atomic E-state index is -0.918. The summed E-state index contributed by atoms with van der Waals surface area (Å²) < 4.78 is 0. The Bertz CT molecular complexity index is 666. The summed E-state index contributed by atoms with van der Waals surface area (Å²) in [7, 11) is 0. The zero-order valence-corrected chi connectivity index (χ0v) is 11.7. The molecule has 0 radical (unpaired) electrons. The number of benzene rings is 2. The lowest BCUT2D eigenvalue weighted by molar-refractivity contribution is -0.131. The number of hydrogen-bond acceptors (Lipinski definition) is 2. The standard InChI is InChI=1S/C18H17NO2/c20-18(21)10-9-14-5-1-2-6-15(14)11-19-12-16-7-3-4-8-17(16)13-19/h1-10H,11-13H2,(H,20,21). The van der Waals surface area contributed by atoms with Crippen molar-refractivity contribution in [3.63, 3.8) is 0 Å². The van der Waals surface area contributed by atoms with Crippen LogP contribution in [0.15, 0.2) is 54.6 Å². The van der Waals surface area contributed by atoms with Crippen molar-refractivity contribution in [3.05, 3.63) is 76.9 Å². The molecule has 0 amide bonds. The molecule has 0 saturated heterocycles. The second kappa shape index (κ2) is 5.94. The third kappa shape index (κ3) is 3.20. The molecule has 0 spiro atoms. The molecule has 3 rings (SSSR count). The van der Waals surface area contributed by atoms with E-state index in [-0.39, 0.29) is 0 Å². The van der Waals surface area contributed by atoms with Gasteiger partial charge in [0.1, 0.15) is 0 Å². The topological polar surface area (TPSA) is 40.5 Å². The van der Waals surface area contributed by atoms with Gasteiger partial charge in [-0.05, 0) is 28.3 Å². The largest absolute Gasteiger partial charge is 0.478 e. The van der Waals surface area contributed by atoms with Crippen LogP contribution in [0.25, 0.3) is 6.08 Å². The molecule has 1 heterocycles. The van der Waals surface area contributed by atoms with Crippen LogP contribution in [0.3, 0.4) is 0 Å². The summed E-state index contributed by atoms with van der Waals surface area (Å²) in [5.74, 6) is -0.918. The summed E-state index contributed by atoms with van der Waals surface area (Å²) in [5, 5.41) is 8.77. The van der Waals surface area contributed by atoms with E-state index in [4.69, 9.17) is 5.11 Å². The van der Waals surface area contributed by atoms with E-state index in [1.807, 2.05) is 18.2 Å². The van der Waals surface area contributed by atoms with Crippen LogP contribution < -0.4 is 0 Å². The molecule has 2 aromatic rings. The minimum Gasteiger partial charge on any atom is -0.478 e. The number of aliphatic carboxylic acids is 1. The second-order valence-corrected chi connectivity index (χ2v) is 5.28. The lowest BCUT2D eigenvalue weighted by Crippen LogP contribution is -2.16. The zero-order chi connectivity index (χ0) is 14.7. The summed E-state index contributed by atoms with van der Waals surface area (Å²) in [6, 6.07) is 16.4. The van der Waals surface area contributed by atoms with Crippen LogP contribution in [0.5, 0.6) is 0 Å². The quantitative estimate of drug-likeness (QED) is 0.873. The number of carboxylic acids is 1. The molecule has 3 heteroatoms. The normalized spacial score (nSPS) is 14.5. The number of carboxylic acid groups (broad SMARTS) is 1. The Morgan fingerprint density at radius 3 is 2.33 bits per heavy atom. The molecule has 0 unspecified atom stereocenters. The lowest BCUT2D eigenvalue weighted by Gasteiger charge is -2.16. The van der Waals surface area contributed by atoms with Crippen LogP contribution in [0.1, 0.15) is 22.3 Å². The van der Waals surface area contributed by atoms with Crippen molar-refractivity contribution in [1.29, 1.82) is 0 Å². The Labute approximate surface area is 124 Å². The SMILES string of the molecule is O=C(O)C=Cc1ccccc1CN1Cc2ccccc2C1. The van der Waals surface area contributed by atoms with Crippen molar-refractivity contribution < 1.29 is 9.90 Å². The average molecular weight is 279 g/mol. The average Bonchev–Trinajstić information content (AvgIpc) is 2.88. The molecule has 0 bridgehead atoms. The van der Waals surface area contributed by atoms with Crippen LogP contribution >= 0.6 is 0 Å². The maximum Gasteiger partial charge on any atom is 0.328 e. The molecule has 1 aliphatic heterocycles.